The summed E-state index contributed by atoms with van der Waals surface area (Å²) < 4.78 is 40.8. The molecule has 0 unspecified atom stereocenters. The molecule has 6 heteroatoms. The van der Waals surface area contributed by atoms with Crippen LogP contribution >= 0.6 is 0 Å². The van der Waals surface area contributed by atoms with E-state index in [1.54, 1.807) is 13.8 Å². The number of carbonyl (C=O) groups is 1. The molecule has 4 nitrogen and oxygen atoms in total. The van der Waals surface area contributed by atoms with Crippen molar-refractivity contribution in [3.8, 4) is 0 Å². The molecular formula is C10H14F2O4. The molecule has 92 valence electrons. The van der Waals surface area contributed by atoms with Gasteiger partial charge in [-0.2, -0.15) is 8.78 Å². The number of esters is 1. The molecule has 16 heavy (non-hydrogen) atoms. The molecule has 0 aromatic heterocycles. The van der Waals surface area contributed by atoms with E-state index in [1.165, 1.54) is 6.92 Å². The topological polar surface area (TPSA) is 44.8 Å². The summed E-state index contributed by atoms with van der Waals surface area (Å²) >= 11 is 0. The zero-order valence-corrected chi connectivity index (χ0v) is 9.38. The van der Waals surface area contributed by atoms with Crippen LogP contribution in [0.1, 0.15) is 27.2 Å². The van der Waals surface area contributed by atoms with Gasteiger partial charge in [-0.15, -0.1) is 0 Å². The fourth-order valence-corrected chi connectivity index (χ4v) is 1.18. The minimum absolute atomic E-state index is 0.0666. The molecule has 1 aliphatic rings. The minimum atomic E-state index is -3.59. The first-order valence-electron chi connectivity index (χ1n) is 4.88. The summed E-state index contributed by atoms with van der Waals surface area (Å²) in [6, 6.07) is 0. The highest BCUT2D eigenvalue weighted by atomic mass is 19.3. The van der Waals surface area contributed by atoms with Gasteiger partial charge in [0, 0.05) is 13.8 Å². The van der Waals surface area contributed by atoms with E-state index < -0.39 is 24.1 Å². The molecule has 0 saturated carbocycles. The zero-order chi connectivity index (χ0) is 12.4. The summed E-state index contributed by atoms with van der Waals surface area (Å²) in [7, 11) is 0. The largest absolute Gasteiger partial charge is 0.462 e. The Morgan fingerprint density at radius 1 is 1.56 bits per heavy atom. The second-order valence-electron chi connectivity index (χ2n) is 3.81. The maximum Gasteiger partial charge on any atom is 0.377 e. The number of carbonyl (C=O) groups excluding carboxylic acids is 1. The molecule has 0 spiro atoms. The number of ether oxygens (including phenoxy) is 3. The van der Waals surface area contributed by atoms with Crippen molar-refractivity contribution in [2.24, 2.45) is 0 Å². The van der Waals surface area contributed by atoms with Gasteiger partial charge in [0.15, 0.2) is 0 Å². The Bertz CT molecular complexity index is 310. The molecule has 1 heterocycles. The van der Waals surface area contributed by atoms with E-state index in [2.05, 4.69) is 4.74 Å². The molecule has 1 rings (SSSR count). The van der Waals surface area contributed by atoms with Crippen LogP contribution in [0.4, 0.5) is 8.78 Å². The molecule has 0 saturated heterocycles. The van der Waals surface area contributed by atoms with Crippen LogP contribution < -0.4 is 0 Å². The lowest BCUT2D eigenvalue weighted by molar-refractivity contribution is -0.174. The van der Waals surface area contributed by atoms with Crippen molar-refractivity contribution in [3.05, 3.63) is 12.0 Å². The highest BCUT2D eigenvalue weighted by Gasteiger charge is 2.44. The van der Waals surface area contributed by atoms with Crippen LogP contribution in [0.5, 0.6) is 0 Å². The number of halogens is 2. The Balaban J connectivity index is 2.57. The average molecular weight is 236 g/mol. The Morgan fingerprint density at radius 2 is 2.19 bits per heavy atom. The first kappa shape index (κ1) is 12.7. The molecule has 0 bridgehead atoms. The van der Waals surface area contributed by atoms with E-state index in [4.69, 9.17) is 9.47 Å². The Kier molecular flexibility index (Phi) is 3.40. The van der Waals surface area contributed by atoms with Gasteiger partial charge >= 0.3 is 11.9 Å². The summed E-state index contributed by atoms with van der Waals surface area (Å²) in [5.74, 6) is -6.17. The Hall–Kier alpha value is -1.33. The van der Waals surface area contributed by atoms with Crippen LogP contribution in [0.25, 0.3) is 0 Å². The third-order valence-corrected chi connectivity index (χ3v) is 1.82. The van der Waals surface area contributed by atoms with E-state index in [0.717, 1.165) is 6.26 Å². The molecule has 0 radical (unpaired) electrons. The number of alkyl halides is 2. The number of allylic oxidation sites excluding steroid dienone is 1. The summed E-state index contributed by atoms with van der Waals surface area (Å²) in [5, 5.41) is 0. The van der Waals surface area contributed by atoms with E-state index in [-0.39, 0.29) is 12.4 Å². The molecule has 1 aliphatic heterocycles. The second kappa shape index (κ2) is 4.27. The molecule has 0 atom stereocenters. The predicted molar refractivity (Wildman–Crippen MR) is 50.5 cm³/mol. The average Bonchev–Trinajstić information content (AvgIpc) is 2.45. The van der Waals surface area contributed by atoms with Gasteiger partial charge in [-0.3, -0.25) is 0 Å². The molecule has 0 aromatic rings. The van der Waals surface area contributed by atoms with Crippen LogP contribution in [-0.4, -0.2) is 24.3 Å². The molecular weight excluding hydrogens is 222 g/mol. The van der Waals surface area contributed by atoms with Gasteiger partial charge in [-0.1, -0.05) is 0 Å². The highest BCUT2D eigenvalue weighted by Crippen LogP contribution is 2.32. The third kappa shape index (κ3) is 3.08. The Morgan fingerprint density at radius 3 is 2.62 bits per heavy atom. The summed E-state index contributed by atoms with van der Waals surface area (Å²) in [6.45, 7) is 4.54. The lowest BCUT2D eigenvalue weighted by Crippen LogP contribution is -2.32. The monoisotopic (exact) mass is 236 g/mol. The minimum Gasteiger partial charge on any atom is -0.462 e. The molecule has 0 aromatic carbocycles. The van der Waals surface area contributed by atoms with Crippen LogP contribution in [0, 0.1) is 0 Å². The zero-order valence-electron chi connectivity index (χ0n) is 9.38. The van der Waals surface area contributed by atoms with E-state index in [1.807, 2.05) is 0 Å². The standard InChI is InChI=1S/C10H14F2O4/c1-4-14-8(13)10(11,12)5-7-6-15-9(2,3)16-7/h6H,4-5H2,1-3H3. The van der Waals surface area contributed by atoms with Gasteiger partial charge in [0.05, 0.1) is 13.0 Å². The van der Waals surface area contributed by atoms with Crippen molar-refractivity contribution in [3.63, 3.8) is 0 Å². The van der Waals surface area contributed by atoms with Crippen molar-refractivity contribution >= 4 is 5.97 Å². The molecule has 0 aliphatic carbocycles. The smallest absolute Gasteiger partial charge is 0.377 e. The fourth-order valence-electron chi connectivity index (χ4n) is 1.18. The van der Waals surface area contributed by atoms with Crippen LogP contribution in [0.15, 0.2) is 12.0 Å². The van der Waals surface area contributed by atoms with Gasteiger partial charge < -0.3 is 14.2 Å². The second-order valence-corrected chi connectivity index (χ2v) is 3.81. The number of hydrogen-bond donors (Lipinski definition) is 0. The van der Waals surface area contributed by atoms with Crippen molar-refractivity contribution in [1.82, 2.24) is 0 Å². The van der Waals surface area contributed by atoms with E-state index in [0.29, 0.717) is 0 Å². The van der Waals surface area contributed by atoms with Crippen molar-refractivity contribution < 1.29 is 27.8 Å². The van der Waals surface area contributed by atoms with Crippen molar-refractivity contribution in [2.45, 2.75) is 38.9 Å². The fraction of sp³-hybridized carbons (Fsp3) is 0.700. The van der Waals surface area contributed by atoms with E-state index in [9.17, 15) is 13.6 Å². The Labute approximate surface area is 92.2 Å². The van der Waals surface area contributed by atoms with Crippen LogP contribution in [-0.2, 0) is 19.0 Å². The maximum absolute atomic E-state index is 13.3. The van der Waals surface area contributed by atoms with Crippen molar-refractivity contribution in [1.29, 1.82) is 0 Å². The lowest BCUT2D eigenvalue weighted by Gasteiger charge is -2.19. The molecule has 0 amide bonds. The van der Waals surface area contributed by atoms with Crippen LogP contribution in [0.2, 0.25) is 0 Å². The lowest BCUT2D eigenvalue weighted by atomic mass is 10.2. The van der Waals surface area contributed by atoms with Gasteiger partial charge in [-0.25, -0.2) is 4.79 Å². The molecule has 0 fully saturated rings. The maximum atomic E-state index is 13.3. The first-order valence-corrected chi connectivity index (χ1v) is 4.88. The third-order valence-electron chi connectivity index (χ3n) is 1.82. The highest BCUT2D eigenvalue weighted by molar-refractivity contribution is 5.77. The first-order chi connectivity index (χ1) is 7.27. The predicted octanol–water partition coefficient (Wildman–Crippen LogP) is 2.20. The van der Waals surface area contributed by atoms with Gasteiger partial charge in [0.25, 0.3) is 0 Å². The van der Waals surface area contributed by atoms with Gasteiger partial charge in [0.2, 0.25) is 5.79 Å². The summed E-state index contributed by atoms with van der Waals surface area (Å²) in [6.07, 6.45) is 0.238. The summed E-state index contributed by atoms with van der Waals surface area (Å²) in [4.78, 5) is 10.9. The molecule has 0 N–H and O–H groups in total. The van der Waals surface area contributed by atoms with Crippen LogP contribution in [0.3, 0.4) is 0 Å². The van der Waals surface area contributed by atoms with Gasteiger partial charge in [0.1, 0.15) is 12.0 Å². The van der Waals surface area contributed by atoms with E-state index >= 15 is 0 Å². The summed E-state index contributed by atoms with van der Waals surface area (Å²) in [5.41, 5.74) is 0. The van der Waals surface area contributed by atoms with Gasteiger partial charge in [-0.05, 0) is 6.92 Å². The quantitative estimate of drug-likeness (QED) is 0.702. The number of hydrogen-bond acceptors (Lipinski definition) is 4. The SMILES string of the molecule is CCOC(=O)C(F)(F)CC1=COC(C)(C)O1. The normalized spacial score (nSPS) is 18.4. The van der Waals surface area contributed by atoms with Crippen molar-refractivity contribution in [2.75, 3.05) is 6.61 Å². The number of rotatable bonds is 4.